The summed E-state index contributed by atoms with van der Waals surface area (Å²) in [5.74, 6) is 0.425. The number of aryl methyl sites for hydroxylation is 1. The van der Waals surface area contributed by atoms with E-state index in [0.29, 0.717) is 5.92 Å². The maximum absolute atomic E-state index is 6.22. The van der Waals surface area contributed by atoms with Crippen molar-refractivity contribution < 1.29 is 4.74 Å². The van der Waals surface area contributed by atoms with E-state index < -0.39 is 0 Å². The summed E-state index contributed by atoms with van der Waals surface area (Å²) in [5.41, 5.74) is 6.13. The van der Waals surface area contributed by atoms with Crippen LogP contribution in [0.3, 0.4) is 0 Å². The van der Waals surface area contributed by atoms with Crippen molar-refractivity contribution in [3.05, 3.63) is 64.3 Å². The molecule has 0 aliphatic carbocycles. The number of rotatable bonds is 1. The maximum atomic E-state index is 6.22. The number of H-pyrrole nitrogens is 1. The van der Waals surface area contributed by atoms with Crippen molar-refractivity contribution in [2.75, 3.05) is 11.9 Å². The van der Waals surface area contributed by atoms with Gasteiger partial charge in [-0.2, -0.15) is 0 Å². The SMILES string of the molecule is Cc1[nH]c2ccccc2c1[C@H]1Nc2ccc(Cl)cc2[C@H]2OCC[C@@H]12. The van der Waals surface area contributed by atoms with E-state index in [0.717, 1.165) is 23.7 Å². The number of para-hydroxylation sites is 1. The molecule has 0 spiro atoms. The summed E-state index contributed by atoms with van der Waals surface area (Å²) in [6.07, 6.45) is 1.19. The van der Waals surface area contributed by atoms with Gasteiger partial charge in [-0.15, -0.1) is 0 Å². The van der Waals surface area contributed by atoms with E-state index in [9.17, 15) is 0 Å². The molecule has 5 rings (SSSR count). The highest BCUT2D eigenvalue weighted by Gasteiger charge is 2.42. The van der Waals surface area contributed by atoms with Gasteiger partial charge in [0.05, 0.1) is 12.1 Å². The van der Waals surface area contributed by atoms with Crippen LogP contribution >= 0.6 is 11.6 Å². The number of benzene rings is 2. The molecule has 3 nitrogen and oxygen atoms in total. The van der Waals surface area contributed by atoms with E-state index >= 15 is 0 Å². The Kier molecular flexibility index (Phi) is 3.15. The Morgan fingerprint density at radius 1 is 1.17 bits per heavy atom. The molecule has 24 heavy (non-hydrogen) atoms. The summed E-state index contributed by atoms with van der Waals surface area (Å²) < 4.78 is 6.11. The van der Waals surface area contributed by atoms with Crippen LogP contribution in [0.25, 0.3) is 10.9 Å². The third-order valence-corrected chi connectivity index (χ3v) is 5.69. The highest BCUT2D eigenvalue weighted by Crippen LogP contribution is 2.51. The molecule has 3 atom stereocenters. The topological polar surface area (TPSA) is 37.0 Å². The van der Waals surface area contributed by atoms with Crippen molar-refractivity contribution in [2.24, 2.45) is 5.92 Å². The van der Waals surface area contributed by atoms with Gasteiger partial charge in [0.1, 0.15) is 0 Å². The minimum absolute atomic E-state index is 0.123. The number of halogens is 1. The summed E-state index contributed by atoms with van der Waals surface area (Å²) >= 11 is 6.22. The molecule has 1 saturated heterocycles. The third kappa shape index (κ3) is 2.01. The van der Waals surface area contributed by atoms with Crippen LogP contribution in [0.5, 0.6) is 0 Å². The van der Waals surface area contributed by atoms with Gasteiger partial charge in [0.25, 0.3) is 0 Å². The normalized spacial score (nSPS) is 25.3. The van der Waals surface area contributed by atoms with Gasteiger partial charge in [0, 0.05) is 51.0 Å². The minimum Gasteiger partial charge on any atom is -0.377 e. The molecule has 0 amide bonds. The van der Waals surface area contributed by atoms with Crippen LogP contribution in [0, 0.1) is 12.8 Å². The van der Waals surface area contributed by atoms with Gasteiger partial charge in [-0.3, -0.25) is 0 Å². The number of fused-ring (bicyclic) bond motifs is 4. The van der Waals surface area contributed by atoms with Crippen LogP contribution in [0.4, 0.5) is 5.69 Å². The molecular weight excluding hydrogens is 320 g/mol. The number of hydrogen-bond donors (Lipinski definition) is 2. The monoisotopic (exact) mass is 338 g/mol. The molecule has 0 saturated carbocycles. The smallest absolute Gasteiger partial charge is 0.0897 e. The molecular formula is C20H19ClN2O. The Labute approximate surface area is 146 Å². The zero-order valence-corrected chi connectivity index (χ0v) is 14.2. The second-order valence-corrected chi connectivity index (χ2v) is 7.24. The fourth-order valence-electron chi connectivity index (χ4n) is 4.43. The van der Waals surface area contributed by atoms with Crippen molar-refractivity contribution >= 4 is 28.2 Å². The van der Waals surface area contributed by atoms with E-state index in [1.165, 1.54) is 27.7 Å². The van der Waals surface area contributed by atoms with Crippen LogP contribution in [0.2, 0.25) is 5.02 Å². The van der Waals surface area contributed by atoms with Gasteiger partial charge >= 0.3 is 0 Å². The molecule has 3 aromatic rings. The van der Waals surface area contributed by atoms with Crippen LogP contribution in [-0.2, 0) is 4.74 Å². The van der Waals surface area contributed by atoms with Crippen molar-refractivity contribution in [3.63, 3.8) is 0 Å². The Balaban J connectivity index is 1.68. The van der Waals surface area contributed by atoms with Gasteiger partial charge in [0.15, 0.2) is 0 Å². The standard InChI is InChI=1S/C20H19ClN2O/c1-11-18(13-4-2-3-5-16(13)22-11)19-14-8-9-24-20(14)15-10-12(21)6-7-17(15)23-19/h2-7,10,14,19-20,22-23H,8-9H2,1H3/t14-,19-,20-/m0/s1. The Morgan fingerprint density at radius 3 is 2.96 bits per heavy atom. The van der Waals surface area contributed by atoms with E-state index in [1.807, 2.05) is 12.1 Å². The molecule has 2 aromatic carbocycles. The molecule has 2 aliphatic heterocycles. The molecule has 1 aromatic heterocycles. The predicted octanol–water partition coefficient (Wildman–Crippen LogP) is 5.37. The summed E-state index contributed by atoms with van der Waals surface area (Å²) in [4.78, 5) is 3.54. The van der Waals surface area contributed by atoms with E-state index in [-0.39, 0.29) is 12.1 Å². The first-order valence-corrected chi connectivity index (χ1v) is 8.85. The highest BCUT2D eigenvalue weighted by atomic mass is 35.5. The molecule has 0 radical (unpaired) electrons. The van der Waals surface area contributed by atoms with Crippen LogP contribution in [0.15, 0.2) is 42.5 Å². The number of hydrogen-bond acceptors (Lipinski definition) is 2. The van der Waals surface area contributed by atoms with Crippen molar-refractivity contribution in [3.8, 4) is 0 Å². The second kappa shape index (κ2) is 5.27. The lowest BCUT2D eigenvalue weighted by Gasteiger charge is -2.36. The lowest BCUT2D eigenvalue weighted by molar-refractivity contribution is 0.0830. The van der Waals surface area contributed by atoms with Gasteiger partial charge in [-0.05, 0) is 37.6 Å². The van der Waals surface area contributed by atoms with Crippen LogP contribution < -0.4 is 5.32 Å². The summed E-state index contributed by atoms with van der Waals surface area (Å²) in [6.45, 7) is 2.97. The molecule has 122 valence electrons. The first-order chi connectivity index (χ1) is 11.7. The average molecular weight is 339 g/mol. The first kappa shape index (κ1) is 14.4. The zero-order valence-electron chi connectivity index (χ0n) is 13.5. The van der Waals surface area contributed by atoms with Crippen molar-refractivity contribution in [2.45, 2.75) is 25.5 Å². The van der Waals surface area contributed by atoms with Gasteiger partial charge in [0.2, 0.25) is 0 Å². The summed E-state index contributed by atoms with van der Waals surface area (Å²) in [6, 6.07) is 14.9. The van der Waals surface area contributed by atoms with Gasteiger partial charge in [-0.25, -0.2) is 0 Å². The van der Waals surface area contributed by atoms with E-state index in [4.69, 9.17) is 16.3 Å². The van der Waals surface area contributed by atoms with Gasteiger partial charge < -0.3 is 15.0 Å². The number of anilines is 1. The number of aromatic amines is 1. The van der Waals surface area contributed by atoms with Gasteiger partial charge in [-0.1, -0.05) is 29.8 Å². The lowest BCUT2D eigenvalue weighted by atomic mass is 9.80. The largest absolute Gasteiger partial charge is 0.377 e. The summed E-state index contributed by atoms with van der Waals surface area (Å²) in [7, 11) is 0. The molecule has 4 heteroatoms. The van der Waals surface area contributed by atoms with E-state index in [1.54, 1.807) is 0 Å². The first-order valence-electron chi connectivity index (χ1n) is 8.47. The number of aromatic nitrogens is 1. The van der Waals surface area contributed by atoms with Crippen molar-refractivity contribution in [1.82, 2.24) is 4.98 Å². The number of ether oxygens (including phenoxy) is 1. The van der Waals surface area contributed by atoms with Crippen LogP contribution in [-0.4, -0.2) is 11.6 Å². The molecule has 0 bridgehead atoms. The fourth-order valence-corrected chi connectivity index (χ4v) is 4.61. The Bertz CT molecular complexity index is 933. The zero-order chi connectivity index (χ0) is 16.3. The maximum Gasteiger partial charge on any atom is 0.0897 e. The molecule has 2 aliphatic rings. The fraction of sp³-hybridized carbons (Fsp3) is 0.300. The molecule has 1 fully saturated rings. The second-order valence-electron chi connectivity index (χ2n) is 6.81. The molecule has 3 heterocycles. The highest BCUT2D eigenvalue weighted by molar-refractivity contribution is 6.30. The predicted molar refractivity (Wildman–Crippen MR) is 97.7 cm³/mol. The van der Waals surface area contributed by atoms with Crippen molar-refractivity contribution in [1.29, 1.82) is 0 Å². The van der Waals surface area contributed by atoms with Crippen LogP contribution in [0.1, 0.15) is 35.4 Å². The molecule has 0 unspecified atom stereocenters. The Hall–Kier alpha value is -1.97. The Morgan fingerprint density at radius 2 is 2.04 bits per heavy atom. The number of nitrogens with one attached hydrogen (secondary N) is 2. The quantitative estimate of drug-likeness (QED) is 0.625. The molecule has 2 N–H and O–H groups in total. The summed E-state index contributed by atoms with van der Waals surface area (Å²) in [5, 5.41) is 5.84. The third-order valence-electron chi connectivity index (χ3n) is 5.45. The lowest BCUT2D eigenvalue weighted by Crippen LogP contribution is -2.29. The minimum atomic E-state index is 0.123. The van der Waals surface area contributed by atoms with E-state index in [2.05, 4.69) is 47.6 Å². The average Bonchev–Trinajstić information content (AvgIpc) is 3.18.